The van der Waals surface area contributed by atoms with E-state index in [2.05, 4.69) is 43.5 Å². The molecule has 8 heteroatoms. The SMILES string of the molecule is COc1cc(/C=C2\N=C(c3cc(I)ccc3Cl)OC2=O)cc(Br)c1OCc1ccc(C)cc1. The van der Waals surface area contributed by atoms with Gasteiger partial charge in [0.25, 0.3) is 0 Å². The molecule has 0 saturated carbocycles. The quantitative estimate of drug-likeness (QED) is 0.167. The lowest BCUT2D eigenvalue weighted by molar-refractivity contribution is -0.129. The van der Waals surface area contributed by atoms with Crippen LogP contribution < -0.4 is 9.47 Å². The first-order chi connectivity index (χ1) is 15.8. The van der Waals surface area contributed by atoms with Crippen LogP contribution in [0.1, 0.15) is 22.3 Å². The average molecular weight is 639 g/mol. The zero-order valence-corrected chi connectivity index (χ0v) is 22.2. The van der Waals surface area contributed by atoms with Crippen LogP contribution >= 0.6 is 50.1 Å². The second kappa shape index (κ2) is 10.3. The van der Waals surface area contributed by atoms with Crippen LogP contribution in [0.2, 0.25) is 5.02 Å². The van der Waals surface area contributed by atoms with Gasteiger partial charge in [0, 0.05) is 3.57 Å². The third-order valence-electron chi connectivity index (χ3n) is 4.84. The number of nitrogens with zero attached hydrogens (tertiary/aromatic N) is 1. The number of hydrogen-bond donors (Lipinski definition) is 0. The predicted molar refractivity (Wildman–Crippen MR) is 141 cm³/mol. The maximum Gasteiger partial charge on any atom is 0.363 e. The maximum atomic E-state index is 12.4. The summed E-state index contributed by atoms with van der Waals surface area (Å²) in [6, 6.07) is 17.2. The zero-order chi connectivity index (χ0) is 23.5. The molecule has 168 valence electrons. The third kappa shape index (κ3) is 5.59. The molecule has 0 spiro atoms. The first kappa shape index (κ1) is 23.8. The highest BCUT2D eigenvalue weighted by atomic mass is 127. The van der Waals surface area contributed by atoms with Crippen molar-refractivity contribution in [3.05, 3.63) is 95.6 Å². The Balaban J connectivity index is 1.60. The molecule has 1 aliphatic heterocycles. The zero-order valence-electron chi connectivity index (χ0n) is 17.7. The van der Waals surface area contributed by atoms with Gasteiger partial charge in [0.05, 0.1) is 22.2 Å². The van der Waals surface area contributed by atoms with Crippen LogP contribution in [-0.4, -0.2) is 19.0 Å². The van der Waals surface area contributed by atoms with E-state index in [1.54, 1.807) is 25.3 Å². The van der Waals surface area contributed by atoms with Gasteiger partial charge in [-0.05, 0) is 93.0 Å². The van der Waals surface area contributed by atoms with Crippen molar-refractivity contribution in [3.63, 3.8) is 0 Å². The molecule has 3 aromatic carbocycles. The van der Waals surface area contributed by atoms with Gasteiger partial charge in [0.15, 0.2) is 17.2 Å². The Kier molecular flexibility index (Phi) is 7.41. The van der Waals surface area contributed by atoms with Gasteiger partial charge in [0.1, 0.15) is 6.61 Å². The van der Waals surface area contributed by atoms with E-state index in [1.165, 1.54) is 5.56 Å². The van der Waals surface area contributed by atoms with Gasteiger partial charge >= 0.3 is 5.97 Å². The molecule has 0 atom stereocenters. The second-order valence-corrected chi connectivity index (χ2v) is 9.78. The van der Waals surface area contributed by atoms with E-state index < -0.39 is 5.97 Å². The lowest BCUT2D eigenvalue weighted by Gasteiger charge is -2.14. The molecule has 0 radical (unpaired) electrons. The summed E-state index contributed by atoms with van der Waals surface area (Å²) in [6.45, 7) is 2.44. The number of esters is 1. The van der Waals surface area contributed by atoms with Gasteiger partial charge < -0.3 is 14.2 Å². The lowest BCUT2D eigenvalue weighted by atomic mass is 10.1. The van der Waals surface area contributed by atoms with Crippen LogP contribution in [0.25, 0.3) is 6.08 Å². The van der Waals surface area contributed by atoms with Crippen LogP contribution in [-0.2, 0) is 16.1 Å². The number of carbonyl (C=O) groups is 1. The van der Waals surface area contributed by atoms with Crippen molar-refractivity contribution in [2.24, 2.45) is 4.99 Å². The van der Waals surface area contributed by atoms with E-state index in [9.17, 15) is 4.79 Å². The van der Waals surface area contributed by atoms with E-state index >= 15 is 0 Å². The van der Waals surface area contributed by atoms with E-state index in [-0.39, 0.29) is 11.6 Å². The van der Waals surface area contributed by atoms with Gasteiger partial charge in [-0.25, -0.2) is 9.79 Å². The molecule has 0 N–H and O–H groups in total. The van der Waals surface area contributed by atoms with Crippen LogP contribution in [0.15, 0.2) is 69.8 Å². The first-order valence-corrected chi connectivity index (χ1v) is 12.1. The number of rotatable bonds is 6. The van der Waals surface area contributed by atoms with Crippen molar-refractivity contribution in [3.8, 4) is 11.5 Å². The molecule has 33 heavy (non-hydrogen) atoms. The monoisotopic (exact) mass is 637 g/mol. The number of carbonyl (C=O) groups excluding carboxylic acids is 1. The van der Waals surface area contributed by atoms with Crippen LogP contribution in [0.5, 0.6) is 11.5 Å². The van der Waals surface area contributed by atoms with Crippen molar-refractivity contribution in [1.82, 2.24) is 0 Å². The number of halogens is 3. The normalized spacial score (nSPS) is 14.3. The van der Waals surface area contributed by atoms with Crippen LogP contribution in [0.4, 0.5) is 0 Å². The maximum absolute atomic E-state index is 12.4. The van der Waals surface area contributed by atoms with Gasteiger partial charge in [-0.3, -0.25) is 0 Å². The highest BCUT2D eigenvalue weighted by Crippen LogP contribution is 2.38. The standard InChI is InChI=1S/C25H18BrClINO4/c1-14-3-5-15(6-4-14)13-32-23-19(26)9-16(11-22(23)31-2)10-21-25(30)33-24(29-21)18-12-17(28)7-8-20(18)27/h3-12H,13H2,1-2H3/b21-10-. The molecule has 0 amide bonds. The molecule has 4 rings (SSSR count). The molecule has 0 fully saturated rings. The molecule has 0 unspecified atom stereocenters. The minimum atomic E-state index is -0.547. The van der Waals surface area contributed by atoms with Crippen LogP contribution in [0.3, 0.4) is 0 Å². The van der Waals surface area contributed by atoms with Crippen molar-refractivity contribution >= 4 is 68.1 Å². The van der Waals surface area contributed by atoms with Crippen LogP contribution in [0, 0.1) is 10.5 Å². The smallest absolute Gasteiger partial charge is 0.363 e. The summed E-state index contributed by atoms with van der Waals surface area (Å²) in [4.78, 5) is 16.8. The number of aryl methyl sites for hydroxylation is 1. The molecule has 0 saturated heterocycles. The Morgan fingerprint density at radius 2 is 1.91 bits per heavy atom. The lowest BCUT2D eigenvalue weighted by Crippen LogP contribution is -2.06. The number of hydrogen-bond acceptors (Lipinski definition) is 5. The van der Waals surface area contributed by atoms with E-state index in [0.717, 1.165) is 9.13 Å². The fourth-order valence-electron chi connectivity index (χ4n) is 3.15. The van der Waals surface area contributed by atoms with Gasteiger partial charge in [-0.15, -0.1) is 0 Å². The highest BCUT2D eigenvalue weighted by molar-refractivity contribution is 14.1. The average Bonchev–Trinajstić information content (AvgIpc) is 3.15. The Morgan fingerprint density at radius 1 is 1.15 bits per heavy atom. The van der Waals surface area contributed by atoms with Crippen molar-refractivity contribution < 1.29 is 19.0 Å². The number of aliphatic imine (C=N–C) groups is 1. The van der Waals surface area contributed by atoms with E-state index in [4.69, 9.17) is 25.8 Å². The fraction of sp³-hybridized carbons (Fsp3) is 0.120. The summed E-state index contributed by atoms with van der Waals surface area (Å²) in [5, 5.41) is 0.461. The Morgan fingerprint density at radius 3 is 2.64 bits per heavy atom. The fourth-order valence-corrected chi connectivity index (χ4v) is 4.41. The predicted octanol–water partition coefficient (Wildman–Crippen LogP) is 6.95. The van der Waals surface area contributed by atoms with Crippen molar-refractivity contribution in [1.29, 1.82) is 0 Å². The largest absolute Gasteiger partial charge is 0.493 e. The molecular formula is C25H18BrClINO4. The first-order valence-electron chi connectivity index (χ1n) is 9.88. The van der Waals surface area contributed by atoms with E-state index in [1.807, 2.05) is 49.4 Å². The Bertz CT molecular complexity index is 1290. The van der Waals surface area contributed by atoms with Gasteiger partial charge in [-0.1, -0.05) is 41.4 Å². The molecule has 5 nitrogen and oxygen atoms in total. The Hall–Kier alpha value is -2.36. The summed E-state index contributed by atoms with van der Waals surface area (Å²) >= 11 is 12.0. The highest BCUT2D eigenvalue weighted by Gasteiger charge is 2.26. The van der Waals surface area contributed by atoms with E-state index in [0.29, 0.717) is 38.7 Å². The summed E-state index contributed by atoms with van der Waals surface area (Å²) in [5.74, 6) is 0.734. The van der Waals surface area contributed by atoms with Crippen molar-refractivity contribution in [2.45, 2.75) is 13.5 Å². The second-order valence-electron chi connectivity index (χ2n) is 7.27. The summed E-state index contributed by atoms with van der Waals surface area (Å²) in [7, 11) is 1.57. The number of methoxy groups -OCH3 is 1. The van der Waals surface area contributed by atoms with Gasteiger partial charge in [0.2, 0.25) is 5.90 Å². The molecule has 1 aliphatic rings. The van der Waals surface area contributed by atoms with Crippen molar-refractivity contribution in [2.75, 3.05) is 7.11 Å². The molecule has 3 aromatic rings. The molecule has 1 heterocycles. The molecular weight excluding hydrogens is 621 g/mol. The number of cyclic esters (lactones) is 1. The Labute approximate surface area is 218 Å². The third-order valence-corrected chi connectivity index (χ3v) is 6.43. The minimum absolute atomic E-state index is 0.169. The summed E-state index contributed by atoms with van der Waals surface area (Å²) in [6.07, 6.45) is 1.63. The molecule has 0 aliphatic carbocycles. The molecule has 0 bridgehead atoms. The minimum Gasteiger partial charge on any atom is -0.493 e. The van der Waals surface area contributed by atoms with Gasteiger partial charge in [-0.2, -0.15) is 0 Å². The molecule has 0 aromatic heterocycles. The number of ether oxygens (including phenoxy) is 3. The summed E-state index contributed by atoms with van der Waals surface area (Å²) < 4.78 is 18.5. The number of benzene rings is 3. The summed E-state index contributed by atoms with van der Waals surface area (Å²) in [5.41, 5.74) is 3.68. The topological polar surface area (TPSA) is 57.1 Å².